The van der Waals surface area contributed by atoms with E-state index < -0.39 is 11.6 Å². The standard InChI is InChI=1S/C15H10N2O2/c18-13(11-6-2-1-3-7-11)14(19)15-16-10-12-8-4-5-9-17(12)15/h1-10H. The summed E-state index contributed by atoms with van der Waals surface area (Å²) in [7, 11) is 0. The molecule has 0 N–H and O–H groups in total. The first-order chi connectivity index (χ1) is 9.27. The molecule has 4 heteroatoms. The topological polar surface area (TPSA) is 51.4 Å². The Morgan fingerprint density at radius 3 is 2.42 bits per heavy atom. The molecule has 0 spiro atoms. The molecular formula is C15H10N2O2. The minimum Gasteiger partial charge on any atom is -0.297 e. The lowest BCUT2D eigenvalue weighted by Crippen LogP contribution is -2.17. The second kappa shape index (κ2) is 4.49. The zero-order chi connectivity index (χ0) is 13.2. The molecular weight excluding hydrogens is 240 g/mol. The van der Waals surface area contributed by atoms with Crippen LogP contribution in [0.25, 0.3) is 5.52 Å². The third-order valence-electron chi connectivity index (χ3n) is 2.88. The number of fused-ring (bicyclic) bond motifs is 1. The molecule has 4 nitrogen and oxygen atoms in total. The summed E-state index contributed by atoms with van der Waals surface area (Å²) in [6.45, 7) is 0. The number of pyridine rings is 1. The van der Waals surface area contributed by atoms with Gasteiger partial charge in [-0.3, -0.25) is 14.0 Å². The molecule has 92 valence electrons. The largest absolute Gasteiger partial charge is 0.297 e. The van der Waals surface area contributed by atoms with E-state index in [1.165, 1.54) is 0 Å². The fourth-order valence-corrected chi connectivity index (χ4v) is 1.93. The summed E-state index contributed by atoms with van der Waals surface area (Å²) >= 11 is 0. The van der Waals surface area contributed by atoms with Crippen LogP contribution in [0, 0.1) is 0 Å². The number of aromatic nitrogens is 2. The average molecular weight is 250 g/mol. The molecule has 3 aromatic rings. The highest BCUT2D eigenvalue weighted by Gasteiger charge is 2.22. The molecule has 0 aliphatic heterocycles. The smallest absolute Gasteiger partial charge is 0.269 e. The maximum atomic E-state index is 12.2. The molecule has 3 rings (SSSR count). The molecule has 2 aromatic heterocycles. The van der Waals surface area contributed by atoms with Crippen LogP contribution in [0.2, 0.25) is 0 Å². The molecule has 0 amide bonds. The van der Waals surface area contributed by atoms with Crippen molar-refractivity contribution < 1.29 is 9.59 Å². The Kier molecular flexibility index (Phi) is 2.68. The molecule has 0 saturated carbocycles. The zero-order valence-electron chi connectivity index (χ0n) is 9.98. The number of imidazole rings is 1. The molecule has 0 saturated heterocycles. The van der Waals surface area contributed by atoms with E-state index >= 15 is 0 Å². The van der Waals surface area contributed by atoms with Gasteiger partial charge in [0.2, 0.25) is 5.78 Å². The van der Waals surface area contributed by atoms with E-state index in [0.29, 0.717) is 5.56 Å². The molecule has 1 aromatic carbocycles. The Morgan fingerprint density at radius 2 is 1.63 bits per heavy atom. The predicted octanol–water partition coefficient (Wildman–Crippen LogP) is 2.40. The van der Waals surface area contributed by atoms with E-state index in [4.69, 9.17) is 0 Å². The molecule has 0 aliphatic rings. The highest BCUT2D eigenvalue weighted by Crippen LogP contribution is 2.10. The lowest BCUT2D eigenvalue weighted by Gasteiger charge is -2.00. The Bertz CT molecular complexity index is 760. The molecule has 19 heavy (non-hydrogen) atoms. The number of hydrogen-bond acceptors (Lipinski definition) is 3. The van der Waals surface area contributed by atoms with Crippen LogP contribution in [0.15, 0.2) is 60.9 Å². The lowest BCUT2D eigenvalue weighted by atomic mass is 10.1. The van der Waals surface area contributed by atoms with Gasteiger partial charge in [-0.05, 0) is 12.1 Å². The first-order valence-corrected chi connectivity index (χ1v) is 5.83. The van der Waals surface area contributed by atoms with E-state index in [9.17, 15) is 9.59 Å². The number of carbonyl (C=O) groups excluding carboxylic acids is 2. The number of hydrogen-bond donors (Lipinski definition) is 0. The van der Waals surface area contributed by atoms with Crippen molar-refractivity contribution in [1.82, 2.24) is 9.38 Å². The summed E-state index contributed by atoms with van der Waals surface area (Å²) < 4.78 is 1.61. The van der Waals surface area contributed by atoms with E-state index in [-0.39, 0.29) is 5.82 Å². The quantitative estimate of drug-likeness (QED) is 0.529. The van der Waals surface area contributed by atoms with Gasteiger partial charge >= 0.3 is 0 Å². The van der Waals surface area contributed by atoms with E-state index in [1.807, 2.05) is 12.1 Å². The third-order valence-corrected chi connectivity index (χ3v) is 2.88. The van der Waals surface area contributed by atoms with Gasteiger partial charge < -0.3 is 0 Å². The second-order valence-corrected chi connectivity index (χ2v) is 4.10. The van der Waals surface area contributed by atoms with Crippen molar-refractivity contribution in [3.63, 3.8) is 0 Å². The highest BCUT2D eigenvalue weighted by molar-refractivity contribution is 6.48. The Hall–Kier alpha value is -2.75. The van der Waals surface area contributed by atoms with Crippen LogP contribution in [0.3, 0.4) is 0 Å². The first kappa shape index (κ1) is 11.3. The maximum absolute atomic E-state index is 12.2. The zero-order valence-corrected chi connectivity index (χ0v) is 9.98. The van der Waals surface area contributed by atoms with E-state index in [2.05, 4.69) is 4.98 Å². The second-order valence-electron chi connectivity index (χ2n) is 4.10. The highest BCUT2D eigenvalue weighted by atomic mass is 16.2. The summed E-state index contributed by atoms with van der Waals surface area (Å²) in [6.07, 6.45) is 3.29. The van der Waals surface area contributed by atoms with Crippen molar-refractivity contribution in [1.29, 1.82) is 0 Å². The summed E-state index contributed by atoms with van der Waals surface area (Å²) in [4.78, 5) is 28.3. The number of carbonyl (C=O) groups is 2. The van der Waals surface area contributed by atoms with Crippen LogP contribution in [-0.4, -0.2) is 21.0 Å². The monoisotopic (exact) mass is 250 g/mol. The van der Waals surface area contributed by atoms with E-state index in [1.54, 1.807) is 53.2 Å². The van der Waals surface area contributed by atoms with Crippen molar-refractivity contribution in [3.05, 3.63) is 72.3 Å². The fourth-order valence-electron chi connectivity index (χ4n) is 1.93. The Labute approximate surface area is 109 Å². The lowest BCUT2D eigenvalue weighted by molar-refractivity contribution is 0.0810. The minimum absolute atomic E-state index is 0.143. The number of nitrogens with zero attached hydrogens (tertiary/aromatic N) is 2. The van der Waals surface area contributed by atoms with Crippen molar-refractivity contribution >= 4 is 17.1 Å². The van der Waals surface area contributed by atoms with E-state index in [0.717, 1.165) is 5.52 Å². The summed E-state index contributed by atoms with van der Waals surface area (Å²) in [5.41, 5.74) is 1.16. The summed E-state index contributed by atoms with van der Waals surface area (Å²) in [6, 6.07) is 14.0. The Balaban J connectivity index is 2.03. The SMILES string of the molecule is O=C(C(=O)c1ncc2ccccn12)c1ccccc1. The molecule has 0 aliphatic carbocycles. The van der Waals surface area contributed by atoms with Crippen LogP contribution in [0.1, 0.15) is 21.0 Å². The van der Waals surface area contributed by atoms with Crippen LogP contribution >= 0.6 is 0 Å². The number of Topliss-reactive ketones (excluding diaryl/α,β-unsaturated/α-hetero) is 2. The predicted molar refractivity (Wildman–Crippen MR) is 70.3 cm³/mol. The van der Waals surface area contributed by atoms with Crippen molar-refractivity contribution in [2.24, 2.45) is 0 Å². The molecule has 0 unspecified atom stereocenters. The van der Waals surface area contributed by atoms with Gasteiger partial charge in [0.05, 0.1) is 11.7 Å². The molecule has 0 fully saturated rings. The molecule has 0 atom stereocenters. The van der Waals surface area contributed by atoms with Crippen LogP contribution in [0.5, 0.6) is 0 Å². The number of rotatable bonds is 3. The first-order valence-electron chi connectivity index (χ1n) is 5.83. The third kappa shape index (κ3) is 1.93. The summed E-state index contributed by atoms with van der Waals surface area (Å²) in [5.74, 6) is -1.00. The van der Waals surface area contributed by atoms with Crippen molar-refractivity contribution in [3.8, 4) is 0 Å². The number of ketones is 2. The van der Waals surface area contributed by atoms with Gasteiger partial charge in [-0.2, -0.15) is 0 Å². The molecule has 2 heterocycles. The van der Waals surface area contributed by atoms with Gasteiger partial charge in [-0.25, -0.2) is 4.98 Å². The maximum Gasteiger partial charge on any atom is 0.269 e. The van der Waals surface area contributed by atoms with Crippen LogP contribution in [-0.2, 0) is 0 Å². The minimum atomic E-state index is -0.600. The fraction of sp³-hybridized carbons (Fsp3) is 0. The average Bonchev–Trinajstić information content (AvgIpc) is 2.90. The van der Waals surface area contributed by atoms with Gasteiger partial charge in [-0.15, -0.1) is 0 Å². The van der Waals surface area contributed by atoms with Gasteiger partial charge in [0, 0.05) is 11.8 Å². The normalized spacial score (nSPS) is 10.5. The Morgan fingerprint density at radius 1 is 0.895 bits per heavy atom. The van der Waals surface area contributed by atoms with Crippen molar-refractivity contribution in [2.45, 2.75) is 0 Å². The van der Waals surface area contributed by atoms with Crippen molar-refractivity contribution in [2.75, 3.05) is 0 Å². The van der Waals surface area contributed by atoms with Gasteiger partial charge in [0.25, 0.3) is 5.78 Å². The van der Waals surface area contributed by atoms with Gasteiger partial charge in [0.1, 0.15) is 0 Å². The molecule has 0 radical (unpaired) electrons. The van der Waals surface area contributed by atoms with Crippen LogP contribution in [0.4, 0.5) is 0 Å². The van der Waals surface area contributed by atoms with Gasteiger partial charge in [-0.1, -0.05) is 36.4 Å². The summed E-state index contributed by atoms with van der Waals surface area (Å²) in [5, 5.41) is 0. The number of benzene rings is 1. The van der Waals surface area contributed by atoms with Gasteiger partial charge in [0.15, 0.2) is 5.82 Å². The molecule has 0 bridgehead atoms. The van der Waals surface area contributed by atoms with Crippen LogP contribution < -0.4 is 0 Å².